The summed E-state index contributed by atoms with van der Waals surface area (Å²) < 4.78 is 26.9. The lowest BCUT2D eigenvalue weighted by Crippen LogP contribution is -2.14. The van der Waals surface area contributed by atoms with E-state index in [4.69, 9.17) is 23.7 Å². The number of carbonyl (C=O) groups is 1. The quantitative estimate of drug-likeness (QED) is 0.234. The standard InChI is InChI=1S/C23H38O6/c1-2-3-4-5-6-10-13-23(24)29-21-19-27-17-15-25-14-16-26-18-20-28-22-11-8-7-9-12-22/h7-9,11-12H,2-6,10,13-21H2,1H3. The van der Waals surface area contributed by atoms with E-state index in [9.17, 15) is 4.79 Å². The third-order valence-electron chi connectivity index (χ3n) is 4.21. The van der Waals surface area contributed by atoms with Gasteiger partial charge in [-0.3, -0.25) is 4.79 Å². The second-order valence-corrected chi connectivity index (χ2v) is 6.74. The summed E-state index contributed by atoms with van der Waals surface area (Å²) in [5.74, 6) is 0.714. The van der Waals surface area contributed by atoms with Crippen LogP contribution in [0.5, 0.6) is 5.75 Å². The van der Waals surface area contributed by atoms with Crippen molar-refractivity contribution >= 4 is 5.97 Å². The van der Waals surface area contributed by atoms with Crippen LogP contribution >= 0.6 is 0 Å². The molecule has 0 radical (unpaired) electrons. The number of hydrogen-bond donors (Lipinski definition) is 0. The minimum absolute atomic E-state index is 0.131. The van der Waals surface area contributed by atoms with Gasteiger partial charge in [-0.05, 0) is 18.6 Å². The molecule has 1 aromatic rings. The predicted molar refractivity (Wildman–Crippen MR) is 113 cm³/mol. The molecule has 0 bridgehead atoms. The zero-order valence-corrected chi connectivity index (χ0v) is 17.9. The number of hydrogen-bond acceptors (Lipinski definition) is 6. The Morgan fingerprint density at radius 1 is 0.690 bits per heavy atom. The van der Waals surface area contributed by atoms with Crippen LogP contribution in [0.3, 0.4) is 0 Å². The van der Waals surface area contributed by atoms with Crippen LogP contribution in [-0.4, -0.2) is 58.8 Å². The maximum atomic E-state index is 11.6. The molecule has 6 nitrogen and oxygen atoms in total. The summed E-state index contributed by atoms with van der Waals surface area (Å²) in [6.07, 6.45) is 7.51. The summed E-state index contributed by atoms with van der Waals surface area (Å²) in [6, 6.07) is 9.66. The number of para-hydroxylation sites is 1. The summed E-state index contributed by atoms with van der Waals surface area (Å²) >= 11 is 0. The van der Waals surface area contributed by atoms with Gasteiger partial charge in [0.1, 0.15) is 19.0 Å². The molecule has 1 aromatic carbocycles. The first kappa shape index (κ1) is 25.4. The SMILES string of the molecule is CCCCCCCCC(=O)OCCOCCOCCOCCOc1ccccc1. The van der Waals surface area contributed by atoms with Crippen molar-refractivity contribution in [2.75, 3.05) is 52.9 Å². The van der Waals surface area contributed by atoms with Crippen LogP contribution in [0.2, 0.25) is 0 Å². The molecule has 1 rings (SSSR count). The second-order valence-electron chi connectivity index (χ2n) is 6.74. The average molecular weight is 411 g/mol. The lowest BCUT2D eigenvalue weighted by molar-refractivity contribution is -0.145. The van der Waals surface area contributed by atoms with Gasteiger partial charge in [0, 0.05) is 6.42 Å². The Kier molecular flexibility index (Phi) is 17.2. The summed E-state index contributed by atoms with van der Waals surface area (Å²) in [5.41, 5.74) is 0. The number of esters is 1. The maximum Gasteiger partial charge on any atom is 0.305 e. The molecule has 0 N–H and O–H groups in total. The molecule has 0 amide bonds. The van der Waals surface area contributed by atoms with Crippen LogP contribution in [-0.2, 0) is 23.7 Å². The lowest BCUT2D eigenvalue weighted by Gasteiger charge is -2.08. The van der Waals surface area contributed by atoms with Crippen LogP contribution in [0.1, 0.15) is 51.9 Å². The smallest absolute Gasteiger partial charge is 0.305 e. The lowest BCUT2D eigenvalue weighted by atomic mass is 10.1. The van der Waals surface area contributed by atoms with Gasteiger partial charge < -0.3 is 23.7 Å². The average Bonchev–Trinajstić information content (AvgIpc) is 2.74. The molecule has 0 atom stereocenters. The van der Waals surface area contributed by atoms with Crippen molar-refractivity contribution in [2.45, 2.75) is 51.9 Å². The molecule has 0 aliphatic rings. The number of rotatable bonds is 20. The molecule has 0 heterocycles. The minimum atomic E-state index is -0.131. The minimum Gasteiger partial charge on any atom is -0.491 e. The third-order valence-corrected chi connectivity index (χ3v) is 4.21. The van der Waals surface area contributed by atoms with Crippen molar-refractivity contribution in [3.63, 3.8) is 0 Å². The van der Waals surface area contributed by atoms with E-state index in [2.05, 4.69) is 6.92 Å². The zero-order chi connectivity index (χ0) is 20.8. The molecule has 0 saturated heterocycles. The molecule has 166 valence electrons. The highest BCUT2D eigenvalue weighted by Gasteiger charge is 2.02. The molecular weight excluding hydrogens is 372 g/mol. The Balaban J connectivity index is 1.74. The molecule has 0 unspecified atom stereocenters. The molecule has 0 fully saturated rings. The first-order valence-electron chi connectivity index (χ1n) is 10.9. The van der Waals surface area contributed by atoms with Gasteiger partial charge in [0.05, 0.1) is 39.6 Å². The molecular formula is C23H38O6. The highest BCUT2D eigenvalue weighted by Crippen LogP contribution is 2.08. The predicted octanol–water partition coefficient (Wildman–Crippen LogP) is 4.41. The van der Waals surface area contributed by atoms with Crippen LogP contribution < -0.4 is 4.74 Å². The van der Waals surface area contributed by atoms with Crippen LogP contribution in [0.25, 0.3) is 0 Å². The number of benzene rings is 1. The normalized spacial score (nSPS) is 10.8. The molecule has 0 aliphatic heterocycles. The van der Waals surface area contributed by atoms with Gasteiger partial charge in [0.15, 0.2) is 0 Å². The van der Waals surface area contributed by atoms with E-state index in [0.717, 1.165) is 18.6 Å². The van der Waals surface area contributed by atoms with Gasteiger partial charge in [-0.15, -0.1) is 0 Å². The highest BCUT2D eigenvalue weighted by atomic mass is 16.6. The van der Waals surface area contributed by atoms with Crippen molar-refractivity contribution in [3.05, 3.63) is 30.3 Å². The molecule has 29 heavy (non-hydrogen) atoms. The molecule has 0 aromatic heterocycles. The largest absolute Gasteiger partial charge is 0.491 e. The van der Waals surface area contributed by atoms with E-state index in [-0.39, 0.29) is 5.97 Å². The van der Waals surface area contributed by atoms with E-state index in [1.807, 2.05) is 30.3 Å². The molecule has 6 heteroatoms. The monoisotopic (exact) mass is 410 g/mol. The van der Waals surface area contributed by atoms with Gasteiger partial charge in [0.2, 0.25) is 0 Å². The van der Waals surface area contributed by atoms with Crippen molar-refractivity contribution in [1.82, 2.24) is 0 Å². The van der Waals surface area contributed by atoms with Gasteiger partial charge >= 0.3 is 5.97 Å². The van der Waals surface area contributed by atoms with Crippen molar-refractivity contribution < 1.29 is 28.5 Å². The van der Waals surface area contributed by atoms with Gasteiger partial charge in [0.25, 0.3) is 0 Å². The fraction of sp³-hybridized carbons (Fsp3) is 0.696. The Bertz CT molecular complexity index is 480. The zero-order valence-electron chi connectivity index (χ0n) is 17.9. The van der Waals surface area contributed by atoms with E-state index >= 15 is 0 Å². The Morgan fingerprint density at radius 2 is 1.24 bits per heavy atom. The van der Waals surface area contributed by atoms with E-state index in [1.165, 1.54) is 25.7 Å². The van der Waals surface area contributed by atoms with Crippen LogP contribution in [0.4, 0.5) is 0 Å². The Labute approximate surface area is 175 Å². The van der Waals surface area contributed by atoms with Gasteiger partial charge in [-0.25, -0.2) is 0 Å². The van der Waals surface area contributed by atoms with E-state index in [0.29, 0.717) is 59.3 Å². The molecule has 0 aliphatic carbocycles. The highest BCUT2D eigenvalue weighted by molar-refractivity contribution is 5.69. The van der Waals surface area contributed by atoms with E-state index in [1.54, 1.807) is 0 Å². The van der Waals surface area contributed by atoms with E-state index < -0.39 is 0 Å². The van der Waals surface area contributed by atoms with Crippen LogP contribution in [0, 0.1) is 0 Å². The second kappa shape index (κ2) is 19.7. The fourth-order valence-corrected chi connectivity index (χ4v) is 2.61. The fourth-order valence-electron chi connectivity index (χ4n) is 2.61. The van der Waals surface area contributed by atoms with Gasteiger partial charge in [-0.1, -0.05) is 57.2 Å². The summed E-state index contributed by atoms with van der Waals surface area (Å²) in [4.78, 5) is 11.6. The number of carbonyl (C=O) groups excluding carboxylic acids is 1. The number of unbranched alkanes of at least 4 members (excludes halogenated alkanes) is 5. The summed E-state index contributed by atoms with van der Waals surface area (Å²) in [6.45, 7) is 5.96. The van der Waals surface area contributed by atoms with Crippen LogP contribution in [0.15, 0.2) is 30.3 Å². The molecule has 0 saturated carbocycles. The third kappa shape index (κ3) is 17.0. The first-order chi connectivity index (χ1) is 14.3. The topological polar surface area (TPSA) is 63.2 Å². The summed E-state index contributed by atoms with van der Waals surface area (Å²) in [7, 11) is 0. The van der Waals surface area contributed by atoms with Crippen molar-refractivity contribution in [3.8, 4) is 5.75 Å². The Hall–Kier alpha value is -1.63. The first-order valence-corrected chi connectivity index (χ1v) is 10.9. The van der Waals surface area contributed by atoms with Gasteiger partial charge in [-0.2, -0.15) is 0 Å². The van der Waals surface area contributed by atoms with Crippen molar-refractivity contribution in [1.29, 1.82) is 0 Å². The summed E-state index contributed by atoms with van der Waals surface area (Å²) in [5, 5.41) is 0. The maximum absolute atomic E-state index is 11.6. The molecule has 0 spiro atoms. The Morgan fingerprint density at radius 3 is 1.90 bits per heavy atom. The van der Waals surface area contributed by atoms with Crippen molar-refractivity contribution in [2.24, 2.45) is 0 Å². The number of ether oxygens (including phenoxy) is 5.